The van der Waals surface area contributed by atoms with E-state index in [2.05, 4.69) is 45.4 Å². The van der Waals surface area contributed by atoms with Crippen LogP contribution >= 0.6 is 31.9 Å². The second-order valence-corrected chi connectivity index (χ2v) is 5.78. The topological polar surface area (TPSA) is 17.1 Å². The summed E-state index contributed by atoms with van der Waals surface area (Å²) in [5.74, 6) is 0.0145. The van der Waals surface area contributed by atoms with E-state index in [9.17, 15) is 4.79 Å². The Bertz CT molecular complexity index is 551. The molecule has 120 valence electrons. The summed E-state index contributed by atoms with van der Waals surface area (Å²) in [6.45, 7) is 11.9. The molecule has 22 heavy (non-hydrogen) atoms. The number of halogens is 2. The van der Waals surface area contributed by atoms with Crippen LogP contribution in [0.15, 0.2) is 58.6 Å². The number of Topliss-reactive ketones (excluding diaryl/α,β-unsaturated/α-hetero) is 1. The molecule has 0 aliphatic rings. The monoisotopic (exact) mass is 426 g/mol. The fraction of sp³-hybridized carbons (Fsp3) is 0.316. The van der Waals surface area contributed by atoms with Gasteiger partial charge in [0, 0.05) is 20.9 Å². The number of carbonyl (C=O) groups is 1. The Balaban J connectivity index is 0.00000211. The molecule has 0 saturated heterocycles. The van der Waals surface area contributed by atoms with Crippen molar-refractivity contribution in [1.29, 1.82) is 0 Å². The zero-order chi connectivity index (χ0) is 17.1. The summed E-state index contributed by atoms with van der Waals surface area (Å²) in [7, 11) is 0. The van der Waals surface area contributed by atoms with Gasteiger partial charge >= 0.3 is 0 Å². The highest BCUT2D eigenvalue weighted by molar-refractivity contribution is 9.12. The molecule has 3 heteroatoms. The summed E-state index contributed by atoms with van der Waals surface area (Å²) in [4.78, 5) is 12.5. The maximum atomic E-state index is 12.5. The Morgan fingerprint density at radius 3 is 2.18 bits per heavy atom. The summed E-state index contributed by atoms with van der Waals surface area (Å²) in [6.07, 6.45) is 4.65. The van der Waals surface area contributed by atoms with E-state index in [0.29, 0.717) is 16.5 Å². The van der Waals surface area contributed by atoms with Gasteiger partial charge in [-0.05, 0) is 30.6 Å². The fourth-order valence-corrected chi connectivity index (χ4v) is 2.61. The Morgan fingerprint density at radius 2 is 1.77 bits per heavy atom. The van der Waals surface area contributed by atoms with Crippen molar-refractivity contribution in [3.63, 3.8) is 0 Å². The zero-order valence-corrected chi connectivity index (χ0v) is 16.9. The van der Waals surface area contributed by atoms with E-state index >= 15 is 0 Å². The first kappa shape index (κ1) is 21.1. The predicted molar refractivity (Wildman–Crippen MR) is 105 cm³/mol. The van der Waals surface area contributed by atoms with Gasteiger partial charge in [-0.2, -0.15) is 0 Å². The van der Waals surface area contributed by atoms with Gasteiger partial charge in [0.05, 0.1) is 0 Å². The van der Waals surface area contributed by atoms with Crippen LogP contribution < -0.4 is 0 Å². The standard InChI is InChI=1S/C17H18Br2O.C2H6/c1-4-13-6-8-14(9-7-13)17(20)15(5-2)16(19)10-12(3)11-18;1-2/h5-10H,3-4,11H2,1-2H3;1-2H3/b15-5+,16-10+;. The fourth-order valence-electron chi connectivity index (χ4n) is 1.72. The Morgan fingerprint density at radius 1 is 1.23 bits per heavy atom. The molecule has 0 amide bonds. The van der Waals surface area contributed by atoms with Crippen LogP contribution in [-0.4, -0.2) is 11.1 Å². The molecule has 0 aliphatic carbocycles. The summed E-state index contributed by atoms with van der Waals surface area (Å²) in [6, 6.07) is 7.75. The predicted octanol–water partition coefficient (Wildman–Crippen LogP) is 6.63. The van der Waals surface area contributed by atoms with Gasteiger partial charge in [0.2, 0.25) is 0 Å². The van der Waals surface area contributed by atoms with E-state index in [1.165, 1.54) is 5.56 Å². The van der Waals surface area contributed by atoms with Crippen molar-refractivity contribution < 1.29 is 4.79 Å². The molecule has 0 aromatic heterocycles. The molecule has 1 rings (SSSR count). The second-order valence-electron chi connectivity index (χ2n) is 4.37. The molecule has 1 aromatic carbocycles. The number of hydrogen-bond donors (Lipinski definition) is 0. The second kappa shape index (κ2) is 11.6. The van der Waals surface area contributed by atoms with Crippen LogP contribution in [0.4, 0.5) is 0 Å². The number of aryl methyl sites for hydroxylation is 1. The van der Waals surface area contributed by atoms with Crippen LogP contribution in [0.5, 0.6) is 0 Å². The quantitative estimate of drug-likeness (QED) is 0.215. The average Bonchev–Trinajstić information content (AvgIpc) is 2.57. The molecule has 0 fully saturated rings. The third kappa shape index (κ3) is 6.45. The van der Waals surface area contributed by atoms with Crippen molar-refractivity contribution >= 4 is 37.6 Å². The first-order valence-corrected chi connectivity index (χ1v) is 9.36. The molecule has 0 bridgehead atoms. The van der Waals surface area contributed by atoms with Gasteiger partial charge in [-0.1, -0.05) is 89.6 Å². The van der Waals surface area contributed by atoms with Gasteiger partial charge < -0.3 is 0 Å². The van der Waals surface area contributed by atoms with Crippen molar-refractivity contribution in [3.05, 3.63) is 69.8 Å². The van der Waals surface area contributed by atoms with Crippen LogP contribution in [0, 0.1) is 0 Å². The number of rotatable bonds is 6. The van der Waals surface area contributed by atoms with Crippen molar-refractivity contribution in [3.8, 4) is 0 Å². The van der Waals surface area contributed by atoms with Gasteiger partial charge in [0.15, 0.2) is 5.78 Å². The van der Waals surface area contributed by atoms with E-state index in [1.54, 1.807) is 0 Å². The molecule has 0 heterocycles. The van der Waals surface area contributed by atoms with Crippen LogP contribution in [0.3, 0.4) is 0 Å². The van der Waals surface area contributed by atoms with E-state index in [4.69, 9.17) is 0 Å². The zero-order valence-electron chi connectivity index (χ0n) is 13.7. The van der Waals surface area contributed by atoms with E-state index in [-0.39, 0.29) is 5.78 Å². The number of carbonyl (C=O) groups excluding carboxylic acids is 1. The van der Waals surface area contributed by atoms with Crippen molar-refractivity contribution in [1.82, 2.24) is 0 Å². The number of benzene rings is 1. The molecule has 1 nitrogen and oxygen atoms in total. The molecule has 1 aromatic rings. The van der Waals surface area contributed by atoms with Crippen molar-refractivity contribution in [2.75, 3.05) is 5.33 Å². The minimum atomic E-state index is 0.0145. The molecule has 0 unspecified atom stereocenters. The van der Waals surface area contributed by atoms with Gasteiger partial charge in [0.25, 0.3) is 0 Å². The summed E-state index contributed by atoms with van der Waals surface area (Å²) < 4.78 is 0.758. The Kier molecular flexibility index (Phi) is 11.1. The van der Waals surface area contributed by atoms with Gasteiger partial charge in [-0.3, -0.25) is 4.79 Å². The molecular weight excluding hydrogens is 404 g/mol. The number of alkyl halides is 1. The maximum absolute atomic E-state index is 12.5. The lowest BCUT2D eigenvalue weighted by atomic mass is 10.0. The molecule has 0 spiro atoms. The minimum Gasteiger partial charge on any atom is -0.289 e. The lowest BCUT2D eigenvalue weighted by Crippen LogP contribution is -2.04. The SMILES string of the molecule is C=C(/C=C(Br)\C(=C/C)C(=O)c1ccc(CC)cc1)CBr.CC. The van der Waals surface area contributed by atoms with Gasteiger partial charge in [-0.15, -0.1) is 0 Å². The number of allylic oxidation sites excluding steroid dienone is 5. The van der Waals surface area contributed by atoms with Crippen molar-refractivity contribution in [2.45, 2.75) is 34.1 Å². The highest BCUT2D eigenvalue weighted by atomic mass is 79.9. The lowest BCUT2D eigenvalue weighted by Gasteiger charge is -2.07. The van der Waals surface area contributed by atoms with Crippen LogP contribution in [0.1, 0.15) is 43.6 Å². The largest absolute Gasteiger partial charge is 0.289 e. The first-order chi connectivity index (χ1) is 10.5. The Hall–Kier alpha value is -0.930. The molecule has 0 N–H and O–H groups in total. The third-order valence-electron chi connectivity index (χ3n) is 2.92. The molecule has 0 atom stereocenters. The van der Waals surface area contributed by atoms with E-state index < -0.39 is 0 Å². The van der Waals surface area contributed by atoms with Crippen molar-refractivity contribution in [2.24, 2.45) is 0 Å². The van der Waals surface area contributed by atoms with E-state index in [1.807, 2.05) is 57.2 Å². The molecule has 0 saturated carbocycles. The highest BCUT2D eigenvalue weighted by Crippen LogP contribution is 2.23. The minimum absolute atomic E-state index is 0.0145. The van der Waals surface area contributed by atoms with Gasteiger partial charge in [0.1, 0.15) is 0 Å². The van der Waals surface area contributed by atoms with Crippen LogP contribution in [0.25, 0.3) is 0 Å². The number of hydrogen-bond acceptors (Lipinski definition) is 1. The lowest BCUT2D eigenvalue weighted by molar-refractivity contribution is 0.103. The highest BCUT2D eigenvalue weighted by Gasteiger charge is 2.14. The van der Waals surface area contributed by atoms with Gasteiger partial charge in [-0.25, -0.2) is 0 Å². The average molecular weight is 428 g/mol. The molecule has 0 radical (unpaired) electrons. The summed E-state index contributed by atoms with van der Waals surface area (Å²) >= 11 is 6.81. The third-order valence-corrected chi connectivity index (χ3v) is 4.29. The van der Waals surface area contributed by atoms with Crippen LogP contribution in [0.2, 0.25) is 0 Å². The Labute approximate surface area is 151 Å². The number of ketones is 1. The van der Waals surface area contributed by atoms with E-state index in [0.717, 1.165) is 16.5 Å². The first-order valence-electron chi connectivity index (χ1n) is 7.44. The molecular formula is C19H24Br2O. The smallest absolute Gasteiger partial charge is 0.193 e. The molecule has 0 aliphatic heterocycles. The maximum Gasteiger partial charge on any atom is 0.193 e. The summed E-state index contributed by atoms with van der Waals surface area (Å²) in [5.41, 5.74) is 3.48. The normalized spacial score (nSPS) is 11.5. The van der Waals surface area contributed by atoms with Crippen LogP contribution in [-0.2, 0) is 6.42 Å². The summed E-state index contributed by atoms with van der Waals surface area (Å²) in [5, 5.41) is 0.679.